The first-order valence-corrected chi connectivity index (χ1v) is 15.1. The van der Waals surface area contributed by atoms with Crippen LogP contribution in [0.1, 0.15) is 0 Å². The van der Waals surface area contributed by atoms with Gasteiger partial charge in [0.15, 0.2) is 19.0 Å². The molecular weight excluding hydrogens is 634 g/mol. The molecule has 1 saturated heterocycles. The van der Waals surface area contributed by atoms with Gasteiger partial charge >= 0.3 is 0 Å². The first kappa shape index (κ1) is 31.0. The number of carbonyl (C=O) groups excluding carboxylic acids is 2. The Morgan fingerprint density at radius 1 is 0.739 bits per heavy atom. The van der Waals surface area contributed by atoms with Crippen LogP contribution in [0.4, 0.5) is 16.2 Å². The van der Waals surface area contributed by atoms with Gasteiger partial charge in [-0.25, -0.2) is 14.4 Å². The third kappa shape index (κ3) is 7.61. The Morgan fingerprint density at radius 3 is 1.98 bits per heavy atom. The van der Waals surface area contributed by atoms with Crippen molar-refractivity contribution in [1.82, 2.24) is 19.9 Å². The van der Waals surface area contributed by atoms with Crippen molar-refractivity contribution in [1.29, 1.82) is 0 Å². The van der Waals surface area contributed by atoms with Gasteiger partial charge in [0, 0.05) is 41.8 Å². The van der Waals surface area contributed by atoms with Crippen molar-refractivity contribution < 1.29 is 23.5 Å². The van der Waals surface area contributed by atoms with Gasteiger partial charge in [-0.05, 0) is 84.9 Å². The second kappa shape index (κ2) is 14.0. The van der Waals surface area contributed by atoms with Gasteiger partial charge in [0.1, 0.15) is 22.8 Å². The lowest BCUT2D eigenvalue weighted by molar-refractivity contribution is -0.133. The van der Waals surface area contributed by atoms with E-state index in [0.29, 0.717) is 70.3 Å². The van der Waals surface area contributed by atoms with Crippen LogP contribution in [0.25, 0.3) is 22.3 Å². The van der Waals surface area contributed by atoms with Gasteiger partial charge in [0.05, 0.1) is 11.2 Å². The van der Waals surface area contributed by atoms with E-state index in [0.717, 1.165) is 5.56 Å². The normalized spacial score (nSPS) is 13.0. The number of piperazine rings is 1. The molecule has 0 bridgehead atoms. The number of hydrogen-bond acceptors (Lipinski definition) is 8. The number of carbonyl (C=O) groups is 2. The molecule has 13 heteroatoms. The van der Waals surface area contributed by atoms with Crippen molar-refractivity contribution >= 4 is 57.8 Å². The topological polar surface area (TPSA) is 110 Å². The van der Waals surface area contributed by atoms with Crippen molar-refractivity contribution in [2.24, 2.45) is 0 Å². The second-order valence-corrected chi connectivity index (χ2v) is 11.2. The summed E-state index contributed by atoms with van der Waals surface area (Å²) in [6, 6.07) is 23.1. The number of halogens is 3. The Hall–Kier alpha value is -5.00. The Kier molecular flexibility index (Phi) is 9.41. The fraction of sp³-hybridized carbons (Fsp3) is 0.182. The standard InChI is InChI=1S/C33H27Cl2FN6O4/c34-22-3-9-25(10-4-22)45-19-29(43)39-33-38-28-14-13-27(21-1-7-24(36)8-2-21)37-31(28)32(40-33)42-17-15-41(16-18-42)30(44)20-46-26-11-5-23(35)6-12-26/h1-14H,15-20H2,(H,38,39,40,43). The molecule has 6 rings (SSSR count). The van der Waals surface area contributed by atoms with Gasteiger partial charge in [0.2, 0.25) is 5.95 Å². The zero-order valence-electron chi connectivity index (χ0n) is 24.3. The highest BCUT2D eigenvalue weighted by molar-refractivity contribution is 6.30. The predicted octanol–water partition coefficient (Wildman–Crippen LogP) is 5.88. The molecule has 10 nitrogen and oxygen atoms in total. The molecule has 0 unspecified atom stereocenters. The maximum Gasteiger partial charge on any atom is 0.264 e. The molecule has 2 amide bonds. The lowest BCUT2D eigenvalue weighted by Crippen LogP contribution is -2.50. The minimum Gasteiger partial charge on any atom is -0.484 e. The largest absolute Gasteiger partial charge is 0.484 e. The monoisotopic (exact) mass is 660 g/mol. The van der Waals surface area contributed by atoms with Crippen molar-refractivity contribution in [2.45, 2.75) is 0 Å². The summed E-state index contributed by atoms with van der Waals surface area (Å²) in [5, 5.41) is 3.85. The van der Waals surface area contributed by atoms with Gasteiger partial charge < -0.3 is 19.3 Å². The number of aromatic nitrogens is 3. The summed E-state index contributed by atoms with van der Waals surface area (Å²) in [7, 11) is 0. The molecule has 46 heavy (non-hydrogen) atoms. The highest BCUT2D eigenvalue weighted by Gasteiger charge is 2.25. The summed E-state index contributed by atoms with van der Waals surface area (Å²) < 4.78 is 24.8. The van der Waals surface area contributed by atoms with Gasteiger partial charge in [-0.3, -0.25) is 14.9 Å². The summed E-state index contributed by atoms with van der Waals surface area (Å²) in [6.45, 7) is 1.38. The van der Waals surface area contributed by atoms with E-state index in [9.17, 15) is 14.0 Å². The number of fused-ring (bicyclic) bond motifs is 1. The smallest absolute Gasteiger partial charge is 0.264 e. The average Bonchev–Trinajstić information content (AvgIpc) is 3.07. The fourth-order valence-electron chi connectivity index (χ4n) is 4.83. The van der Waals surface area contributed by atoms with Crippen molar-refractivity contribution in [2.75, 3.05) is 49.6 Å². The number of rotatable bonds is 9. The molecule has 234 valence electrons. The first-order valence-electron chi connectivity index (χ1n) is 14.3. The lowest BCUT2D eigenvalue weighted by atomic mass is 10.1. The summed E-state index contributed by atoms with van der Waals surface area (Å²) in [6.07, 6.45) is 0. The Bertz CT molecular complexity index is 1850. The maximum absolute atomic E-state index is 13.6. The molecule has 0 spiro atoms. The van der Waals surface area contributed by atoms with Crippen LogP contribution in [0, 0.1) is 5.82 Å². The van der Waals surface area contributed by atoms with Crippen LogP contribution in [0.2, 0.25) is 10.0 Å². The summed E-state index contributed by atoms with van der Waals surface area (Å²) in [5.74, 6) is 0.675. The molecule has 1 aliphatic rings. The van der Waals surface area contributed by atoms with Crippen molar-refractivity contribution in [3.63, 3.8) is 0 Å². The lowest BCUT2D eigenvalue weighted by Gasteiger charge is -2.35. The number of benzene rings is 3. The van der Waals surface area contributed by atoms with Crippen LogP contribution in [0.3, 0.4) is 0 Å². The Labute approximate surface area is 273 Å². The van der Waals surface area contributed by atoms with E-state index in [1.807, 2.05) is 4.90 Å². The first-order chi connectivity index (χ1) is 22.3. The molecule has 1 aliphatic heterocycles. The molecule has 2 aromatic heterocycles. The van der Waals surface area contributed by atoms with Crippen LogP contribution >= 0.6 is 23.2 Å². The van der Waals surface area contributed by atoms with E-state index in [4.69, 9.17) is 37.7 Å². The number of nitrogens with one attached hydrogen (secondary N) is 1. The predicted molar refractivity (Wildman–Crippen MR) is 174 cm³/mol. The molecule has 3 heterocycles. The van der Waals surface area contributed by atoms with Gasteiger partial charge in [-0.1, -0.05) is 23.2 Å². The SMILES string of the molecule is O=C(COc1ccc(Cl)cc1)Nc1nc(N2CCN(C(=O)COc3ccc(Cl)cc3)CC2)c2nc(-c3ccc(F)cc3)ccc2n1. The zero-order valence-corrected chi connectivity index (χ0v) is 25.8. The summed E-state index contributed by atoms with van der Waals surface area (Å²) >= 11 is 11.8. The van der Waals surface area contributed by atoms with E-state index < -0.39 is 5.91 Å². The van der Waals surface area contributed by atoms with Crippen LogP contribution < -0.4 is 19.7 Å². The van der Waals surface area contributed by atoms with E-state index in [1.54, 1.807) is 77.7 Å². The fourth-order valence-corrected chi connectivity index (χ4v) is 5.08. The molecule has 0 atom stereocenters. The highest BCUT2D eigenvalue weighted by atomic mass is 35.5. The van der Waals surface area contributed by atoms with Gasteiger partial charge in [-0.2, -0.15) is 4.98 Å². The van der Waals surface area contributed by atoms with Gasteiger partial charge in [-0.15, -0.1) is 0 Å². The molecule has 3 aromatic carbocycles. The number of amides is 2. The number of pyridine rings is 1. The molecule has 1 fully saturated rings. The van der Waals surface area contributed by atoms with Crippen molar-refractivity contribution in [3.05, 3.63) is 101 Å². The van der Waals surface area contributed by atoms with Crippen LogP contribution in [0.5, 0.6) is 11.5 Å². The van der Waals surface area contributed by atoms with E-state index in [2.05, 4.69) is 15.3 Å². The molecule has 0 aliphatic carbocycles. The zero-order chi connectivity index (χ0) is 32.0. The Balaban J connectivity index is 1.20. The Morgan fingerprint density at radius 2 is 1.35 bits per heavy atom. The van der Waals surface area contributed by atoms with Crippen LogP contribution in [-0.4, -0.2) is 71.1 Å². The molecular formula is C33H27Cl2FN6O4. The minimum absolute atomic E-state index is 0.0819. The van der Waals surface area contributed by atoms with Gasteiger partial charge in [0.25, 0.3) is 11.8 Å². The molecule has 5 aromatic rings. The van der Waals surface area contributed by atoms with E-state index >= 15 is 0 Å². The van der Waals surface area contributed by atoms with E-state index in [1.165, 1.54) is 12.1 Å². The highest BCUT2D eigenvalue weighted by Crippen LogP contribution is 2.28. The van der Waals surface area contributed by atoms with Crippen molar-refractivity contribution in [3.8, 4) is 22.8 Å². The average molecular weight is 662 g/mol. The minimum atomic E-state index is -0.452. The third-order valence-electron chi connectivity index (χ3n) is 7.21. The number of ether oxygens (including phenoxy) is 2. The summed E-state index contributed by atoms with van der Waals surface area (Å²) in [4.78, 5) is 43.4. The quantitative estimate of drug-likeness (QED) is 0.209. The molecule has 0 saturated carbocycles. The molecule has 1 N–H and O–H groups in total. The molecule has 0 radical (unpaired) electrons. The second-order valence-electron chi connectivity index (χ2n) is 10.3. The van der Waals surface area contributed by atoms with Crippen LogP contribution in [-0.2, 0) is 9.59 Å². The van der Waals surface area contributed by atoms with E-state index in [-0.39, 0.29) is 30.9 Å². The third-order valence-corrected chi connectivity index (χ3v) is 7.71. The summed E-state index contributed by atoms with van der Waals surface area (Å²) in [5.41, 5.74) is 2.34. The number of anilines is 2. The number of hydrogen-bond donors (Lipinski definition) is 1. The maximum atomic E-state index is 13.6. The number of nitrogens with zero attached hydrogens (tertiary/aromatic N) is 5. The van der Waals surface area contributed by atoms with Crippen LogP contribution in [0.15, 0.2) is 84.9 Å².